The largest absolute Gasteiger partial charge is 0.484 e. The molecule has 3 aromatic rings. The Labute approximate surface area is 166 Å². The molecule has 0 spiro atoms. The first-order valence-corrected chi connectivity index (χ1v) is 9.97. The summed E-state index contributed by atoms with van der Waals surface area (Å²) >= 11 is 0. The molecule has 0 radical (unpaired) electrons. The van der Waals surface area contributed by atoms with Crippen molar-refractivity contribution in [3.8, 4) is 5.75 Å². The highest BCUT2D eigenvalue weighted by Crippen LogP contribution is 2.24. The molecule has 0 bridgehead atoms. The molecule has 0 unspecified atom stereocenters. The third-order valence-electron chi connectivity index (χ3n) is 5.35. The summed E-state index contributed by atoms with van der Waals surface area (Å²) in [6.45, 7) is 2.80. The first-order valence-electron chi connectivity index (χ1n) is 9.97. The molecule has 1 aliphatic heterocycles. The predicted molar refractivity (Wildman–Crippen MR) is 112 cm³/mol. The van der Waals surface area contributed by atoms with Crippen molar-refractivity contribution in [3.63, 3.8) is 0 Å². The fourth-order valence-corrected chi connectivity index (χ4v) is 3.85. The molecule has 1 atom stereocenters. The molecule has 1 fully saturated rings. The van der Waals surface area contributed by atoms with Crippen molar-refractivity contribution in [1.82, 2.24) is 10.2 Å². The zero-order valence-electron chi connectivity index (χ0n) is 16.0. The molecule has 1 saturated heterocycles. The van der Waals surface area contributed by atoms with Crippen LogP contribution in [0, 0.1) is 0 Å². The van der Waals surface area contributed by atoms with E-state index >= 15 is 0 Å². The fourth-order valence-electron chi connectivity index (χ4n) is 3.85. The number of hydrogen-bond donors (Lipinski definition) is 1. The predicted octanol–water partition coefficient (Wildman–Crippen LogP) is 4.17. The third-order valence-corrected chi connectivity index (χ3v) is 5.35. The van der Waals surface area contributed by atoms with E-state index < -0.39 is 0 Å². The van der Waals surface area contributed by atoms with Gasteiger partial charge in [-0.2, -0.15) is 0 Å². The van der Waals surface area contributed by atoms with Crippen molar-refractivity contribution in [2.24, 2.45) is 0 Å². The second-order valence-electron chi connectivity index (χ2n) is 7.27. The van der Waals surface area contributed by atoms with Gasteiger partial charge in [-0.1, -0.05) is 60.7 Å². The molecule has 4 rings (SSSR count). The maximum atomic E-state index is 12.4. The van der Waals surface area contributed by atoms with E-state index in [0.717, 1.165) is 23.9 Å². The van der Waals surface area contributed by atoms with E-state index in [1.54, 1.807) is 0 Å². The molecule has 144 valence electrons. The quantitative estimate of drug-likeness (QED) is 0.675. The van der Waals surface area contributed by atoms with Crippen molar-refractivity contribution in [2.75, 3.05) is 26.2 Å². The van der Waals surface area contributed by atoms with Crippen LogP contribution in [0.5, 0.6) is 5.75 Å². The minimum Gasteiger partial charge on any atom is -0.484 e. The fraction of sp³-hybridized carbons (Fsp3) is 0.292. The Kier molecular flexibility index (Phi) is 5.88. The van der Waals surface area contributed by atoms with Crippen LogP contribution in [0.25, 0.3) is 10.8 Å². The van der Waals surface area contributed by atoms with E-state index in [1.807, 2.05) is 42.5 Å². The normalized spacial score (nSPS) is 15.4. The lowest BCUT2D eigenvalue weighted by Crippen LogP contribution is -2.38. The number of nitrogens with zero attached hydrogens (tertiary/aromatic N) is 1. The van der Waals surface area contributed by atoms with Crippen molar-refractivity contribution in [3.05, 3.63) is 78.4 Å². The first kappa shape index (κ1) is 18.5. The minimum atomic E-state index is -0.0895. The molecule has 28 heavy (non-hydrogen) atoms. The van der Waals surface area contributed by atoms with Gasteiger partial charge in [0.2, 0.25) is 0 Å². The molecule has 4 nitrogen and oxygen atoms in total. The number of rotatable bonds is 7. The Balaban J connectivity index is 1.34. The number of ether oxygens (including phenoxy) is 1. The van der Waals surface area contributed by atoms with Gasteiger partial charge in [0.25, 0.3) is 5.91 Å². The molecular formula is C24H26N2O2. The molecule has 4 heteroatoms. The number of hydrogen-bond acceptors (Lipinski definition) is 3. The zero-order valence-corrected chi connectivity index (χ0v) is 16.0. The highest BCUT2D eigenvalue weighted by Gasteiger charge is 2.23. The molecule has 0 aromatic heterocycles. The van der Waals surface area contributed by atoms with E-state index in [0.29, 0.717) is 12.3 Å². The topological polar surface area (TPSA) is 41.6 Å². The Hall–Kier alpha value is -2.85. The van der Waals surface area contributed by atoms with E-state index in [9.17, 15) is 4.79 Å². The number of benzene rings is 3. The summed E-state index contributed by atoms with van der Waals surface area (Å²) in [4.78, 5) is 14.8. The second kappa shape index (κ2) is 8.89. The monoisotopic (exact) mass is 374 g/mol. The molecule has 1 heterocycles. The van der Waals surface area contributed by atoms with Gasteiger partial charge in [-0.05, 0) is 54.4 Å². The van der Waals surface area contributed by atoms with Gasteiger partial charge in [0, 0.05) is 6.54 Å². The lowest BCUT2D eigenvalue weighted by atomic mass is 10.1. The average Bonchev–Trinajstić information content (AvgIpc) is 3.27. The third kappa shape index (κ3) is 4.52. The maximum absolute atomic E-state index is 12.4. The Morgan fingerprint density at radius 3 is 2.43 bits per heavy atom. The first-order chi connectivity index (χ1) is 13.8. The van der Waals surface area contributed by atoms with Crippen molar-refractivity contribution in [1.29, 1.82) is 0 Å². The van der Waals surface area contributed by atoms with E-state index in [2.05, 4.69) is 40.5 Å². The summed E-state index contributed by atoms with van der Waals surface area (Å²) in [5.41, 5.74) is 1.25. The van der Waals surface area contributed by atoms with Crippen LogP contribution in [-0.2, 0) is 4.79 Å². The van der Waals surface area contributed by atoms with Gasteiger partial charge in [0.05, 0.1) is 6.04 Å². The number of carbonyl (C=O) groups excluding carboxylic acids is 1. The van der Waals surface area contributed by atoms with Gasteiger partial charge in [0.1, 0.15) is 5.75 Å². The summed E-state index contributed by atoms with van der Waals surface area (Å²) in [5, 5.41) is 5.33. The number of likely N-dealkylation sites (tertiary alicyclic amines) is 1. The van der Waals surface area contributed by atoms with Gasteiger partial charge in [-0.25, -0.2) is 0 Å². The number of nitrogens with one attached hydrogen (secondary N) is 1. The zero-order chi connectivity index (χ0) is 19.2. The van der Waals surface area contributed by atoms with E-state index in [4.69, 9.17) is 4.74 Å². The van der Waals surface area contributed by atoms with Gasteiger partial charge in [-0.3, -0.25) is 9.69 Å². The summed E-state index contributed by atoms with van der Waals surface area (Å²) in [6.07, 6.45) is 2.45. The van der Waals surface area contributed by atoms with Crippen LogP contribution in [0.15, 0.2) is 72.8 Å². The molecule has 0 aliphatic carbocycles. The smallest absolute Gasteiger partial charge is 0.258 e. The number of fused-ring (bicyclic) bond motifs is 1. The molecular weight excluding hydrogens is 348 g/mol. The van der Waals surface area contributed by atoms with Crippen LogP contribution >= 0.6 is 0 Å². The average molecular weight is 374 g/mol. The lowest BCUT2D eigenvalue weighted by Gasteiger charge is -2.28. The van der Waals surface area contributed by atoms with Gasteiger partial charge >= 0.3 is 0 Å². The van der Waals surface area contributed by atoms with E-state index in [1.165, 1.54) is 18.4 Å². The molecule has 1 N–H and O–H groups in total. The van der Waals surface area contributed by atoms with Gasteiger partial charge in [-0.15, -0.1) is 0 Å². The highest BCUT2D eigenvalue weighted by molar-refractivity contribution is 5.84. The minimum absolute atomic E-state index is 0.0276. The van der Waals surface area contributed by atoms with Gasteiger partial charge < -0.3 is 10.1 Å². The Morgan fingerprint density at radius 2 is 1.64 bits per heavy atom. The Morgan fingerprint density at radius 1 is 0.929 bits per heavy atom. The van der Waals surface area contributed by atoms with Crippen LogP contribution in [0.1, 0.15) is 24.4 Å². The number of amides is 1. The van der Waals surface area contributed by atoms with Crippen LogP contribution in [-0.4, -0.2) is 37.0 Å². The summed E-state index contributed by atoms with van der Waals surface area (Å²) in [5.74, 6) is 0.626. The van der Waals surface area contributed by atoms with Gasteiger partial charge in [0.15, 0.2) is 6.61 Å². The van der Waals surface area contributed by atoms with Crippen LogP contribution < -0.4 is 10.1 Å². The highest BCUT2D eigenvalue weighted by atomic mass is 16.5. The van der Waals surface area contributed by atoms with Crippen molar-refractivity contribution < 1.29 is 9.53 Å². The molecule has 1 amide bonds. The lowest BCUT2D eigenvalue weighted by molar-refractivity contribution is -0.123. The summed E-state index contributed by atoms with van der Waals surface area (Å²) in [7, 11) is 0. The summed E-state index contributed by atoms with van der Waals surface area (Å²) < 4.78 is 5.71. The second-order valence-corrected chi connectivity index (χ2v) is 7.27. The van der Waals surface area contributed by atoms with Crippen LogP contribution in [0.4, 0.5) is 0 Å². The SMILES string of the molecule is O=C(COc1ccc2ccccc2c1)NC[C@H](c1ccccc1)N1CCCC1. The molecule has 1 aliphatic rings. The van der Waals surface area contributed by atoms with Crippen molar-refractivity contribution in [2.45, 2.75) is 18.9 Å². The summed E-state index contributed by atoms with van der Waals surface area (Å²) in [6, 6.07) is 24.7. The standard InChI is InChI=1S/C24H26N2O2/c27-24(18-28-22-13-12-19-8-4-5-11-21(19)16-22)25-17-23(26-14-6-7-15-26)20-9-2-1-3-10-20/h1-5,8-13,16,23H,6-7,14-15,17-18H2,(H,25,27)/t23-/m1/s1. The van der Waals surface area contributed by atoms with Crippen LogP contribution in [0.2, 0.25) is 0 Å². The Bertz CT molecular complexity index is 920. The molecule has 0 saturated carbocycles. The number of carbonyl (C=O) groups is 1. The molecule has 3 aromatic carbocycles. The van der Waals surface area contributed by atoms with Crippen molar-refractivity contribution >= 4 is 16.7 Å². The van der Waals surface area contributed by atoms with Crippen LogP contribution in [0.3, 0.4) is 0 Å². The van der Waals surface area contributed by atoms with E-state index in [-0.39, 0.29) is 18.6 Å². The maximum Gasteiger partial charge on any atom is 0.258 e.